The molecule has 1 aromatic heterocycles. The van der Waals surface area contributed by atoms with Gasteiger partial charge in [0.25, 0.3) is 5.91 Å². The van der Waals surface area contributed by atoms with Crippen LogP contribution in [-0.4, -0.2) is 29.5 Å². The second-order valence-electron chi connectivity index (χ2n) is 6.98. The lowest BCUT2D eigenvalue weighted by Gasteiger charge is -2.11. The van der Waals surface area contributed by atoms with E-state index in [4.69, 9.17) is 4.74 Å². The van der Waals surface area contributed by atoms with Crippen LogP contribution in [0.4, 0.5) is 11.5 Å². The minimum absolute atomic E-state index is 0.248. The maximum Gasteiger partial charge on any atom is 0.274 e. The van der Waals surface area contributed by atoms with Gasteiger partial charge in [0.15, 0.2) is 0 Å². The van der Waals surface area contributed by atoms with Gasteiger partial charge < -0.3 is 15.4 Å². The highest BCUT2D eigenvalue weighted by molar-refractivity contribution is 6.03. The van der Waals surface area contributed by atoms with Gasteiger partial charge in [-0.25, -0.2) is 9.97 Å². The lowest BCUT2D eigenvalue weighted by Crippen LogP contribution is -2.17. The zero-order valence-electron chi connectivity index (χ0n) is 17.2. The van der Waals surface area contributed by atoms with Crippen molar-refractivity contribution in [1.29, 1.82) is 0 Å². The first-order valence-electron chi connectivity index (χ1n) is 9.55. The van der Waals surface area contributed by atoms with E-state index in [1.54, 1.807) is 20.1 Å². The summed E-state index contributed by atoms with van der Waals surface area (Å²) in [4.78, 5) is 21.4. The molecular weight excluding hydrogens is 364 g/mol. The van der Waals surface area contributed by atoms with E-state index in [9.17, 15) is 4.79 Å². The number of anilines is 2. The van der Waals surface area contributed by atoms with E-state index in [0.717, 1.165) is 29.0 Å². The van der Waals surface area contributed by atoms with Crippen LogP contribution in [0.15, 0.2) is 48.5 Å². The molecule has 0 saturated heterocycles. The van der Waals surface area contributed by atoms with Crippen molar-refractivity contribution in [3.63, 3.8) is 0 Å². The van der Waals surface area contributed by atoms with Crippen molar-refractivity contribution in [1.82, 2.24) is 9.97 Å². The number of nitrogens with one attached hydrogen (secondary N) is 2. The second kappa shape index (κ2) is 9.19. The molecule has 0 bridgehead atoms. The Bertz CT molecular complexity index is 1000. The SMILES string of the molecule is COc1ccc(CCNc2cc(C(=O)Nc3cc(C)ccc3C)nc(C)n2)cc1. The van der Waals surface area contributed by atoms with Crippen LogP contribution in [0, 0.1) is 20.8 Å². The highest BCUT2D eigenvalue weighted by Gasteiger charge is 2.12. The highest BCUT2D eigenvalue weighted by atomic mass is 16.5. The Balaban J connectivity index is 1.65. The van der Waals surface area contributed by atoms with Crippen molar-refractivity contribution in [2.75, 3.05) is 24.3 Å². The summed E-state index contributed by atoms with van der Waals surface area (Å²) in [6.45, 7) is 6.44. The van der Waals surface area contributed by atoms with Gasteiger partial charge in [-0.2, -0.15) is 0 Å². The number of rotatable bonds is 7. The number of ether oxygens (including phenoxy) is 1. The van der Waals surface area contributed by atoms with Crippen molar-refractivity contribution < 1.29 is 9.53 Å². The monoisotopic (exact) mass is 390 g/mol. The van der Waals surface area contributed by atoms with Crippen molar-refractivity contribution in [2.24, 2.45) is 0 Å². The molecule has 2 N–H and O–H groups in total. The first-order valence-corrected chi connectivity index (χ1v) is 9.55. The molecule has 1 amide bonds. The van der Waals surface area contributed by atoms with Gasteiger partial charge in [-0.15, -0.1) is 0 Å². The fourth-order valence-electron chi connectivity index (χ4n) is 2.96. The second-order valence-corrected chi connectivity index (χ2v) is 6.98. The number of methoxy groups -OCH3 is 1. The maximum atomic E-state index is 12.7. The lowest BCUT2D eigenvalue weighted by atomic mass is 10.1. The van der Waals surface area contributed by atoms with E-state index < -0.39 is 0 Å². The van der Waals surface area contributed by atoms with Crippen LogP contribution in [0.5, 0.6) is 5.75 Å². The average Bonchev–Trinajstić information content (AvgIpc) is 2.71. The van der Waals surface area contributed by atoms with E-state index >= 15 is 0 Å². The third-order valence-electron chi connectivity index (χ3n) is 4.59. The molecule has 6 nitrogen and oxygen atoms in total. The number of nitrogens with zero attached hydrogens (tertiary/aromatic N) is 2. The first-order chi connectivity index (χ1) is 13.9. The van der Waals surface area contributed by atoms with E-state index in [0.29, 0.717) is 23.9 Å². The summed E-state index contributed by atoms with van der Waals surface area (Å²) >= 11 is 0. The first kappa shape index (κ1) is 20.3. The van der Waals surface area contributed by atoms with Crippen LogP contribution in [0.2, 0.25) is 0 Å². The molecule has 0 aliphatic carbocycles. The third-order valence-corrected chi connectivity index (χ3v) is 4.59. The summed E-state index contributed by atoms with van der Waals surface area (Å²) in [6.07, 6.45) is 0.830. The Kier molecular flexibility index (Phi) is 6.44. The molecule has 0 aliphatic heterocycles. The van der Waals surface area contributed by atoms with E-state index in [-0.39, 0.29) is 5.91 Å². The summed E-state index contributed by atoms with van der Waals surface area (Å²) in [5.74, 6) is 1.78. The quantitative estimate of drug-likeness (QED) is 0.628. The van der Waals surface area contributed by atoms with Crippen molar-refractivity contribution in [3.8, 4) is 5.75 Å². The molecule has 150 valence electrons. The van der Waals surface area contributed by atoms with Crippen molar-refractivity contribution in [3.05, 3.63) is 76.7 Å². The Labute approximate surface area is 171 Å². The number of hydrogen-bond donors (Lipinski definition) is 2. The molecule has 1 heterocycles. The summed E-state index contributed by atoms with van der Waals surface area (Å²) in [7, 11) is 1.65. The topological polar surface area (TPSA) is 76.1 Å². The van der Waals surface area contributed by atoms with Crippen LogP contribution in [0.25, 0.3) is 0 Å². The summed E-state index contributed by atoms with van der Waals surface area (Å²) < 4.78 is 5.18. The predicted molar refractivity (Wildman–Crippen MR) is 116 cm³/mol. The molecule has 0 fully saturated rings. The number of carbonyl (C=O) groups is 1. The van der Waals surface area contributed by atoms with Crippen LogP contribution in [0.1, 0.15) is 33.0 Å². The molecule has 29 heavy (non-hydrogen) atoms. The molecule has 3 rings (SSSR count). The fraction of sp³-hybridized carbons (Fsp3) is 0.261. The summed E-state index contributed by atoms with van der Waals surface area (Å²) in [5, 5.41) is 6.23. The van der Waals surface area contributed by atoms with Gasteiger partial charge in [-0.1, -0.05) is 24.3 Å². The van der Waals surface area contributed by atoms with Gasteiger partial charge in [0.1, 0.15) is 23.1 Å². The van der Waals surface area contributed by atoms with Crippen molar-refractivity contribution >= 4 is 17.4 Å². The standard InChI is InChI=1S/C23H26N4O2/c1-15-5-6-16(2)20(13-15)27-23(28)21-14-22(26-17(3)25-21)24-12-11-18-7-9-19(29-4)10-8-18/h5-10,13-14H,11-12H2,1-4H3,(H,27,28)(H,24,25,26). The van der Waals surface area contributed by atoms with Gasteiger partial charge in [0.05, 0.1) is 7.11 Å². The number of hydrogen-bond acceptors (Lipinski definition) is 5. The molecule has 0 radical (unpaired) electrons. The maximum absolute atomic E-state index is 12.7. The van der Waals surface area contributed by atoms with Crippen LogP contribution < -0.4 is 15.4 Å². The molecule has 0 atom stereocenters. The van der Waals surface area contributed by atoms with E-state index in [2.05, 4.69) is 20.6 Å². The van der Waals surface area contributed by atoms with Crippen molar-refractivity contribution in [2.45, 2.75) is 27.2 Å². The van der Waals surface area contributed by atoms with E-state index in [1.165, 1.54) is 5.56 Å². The Morgan fingerprint density at radius 2 is 1.76 bits per heavy atom. The molecular formula is C23H26N4O2. The third kappa shape index (κ3) is 5.54. The predicted octanol–water partition coefficient (Wildman–Crippen LogP) is 4.32. The number of carbonyl (C=O) groups excluding carboxylic acids is 1. The Morgan fingerprint density at radius 1 is 1.00 bits per heavy atom. The zero-order valence-corrected chi connectivity index (χ0v) is 17.2. The van der Waals surface area contributed by atoms with Gasteiger partial charge >= 0.3 is 0 Å². The minimum Gasteiger partial charge on any atom is -0.497 e. The highest BCUT2D eigenvalue weighted by Crippen LogP contribution is 2.18. The number of benzene rings is 2. The molecule has 2 aromatic carbocycles. The largest absolute Gasteiger partial charge is 0.497 e. The average molecular weight is 390 g/mol. The molecule has 3 aromatic rings. The smallest absolute Gasteiger partial charge is 0.274 e. The summed E-state index contributed by atoms with van der Waals surface area (Å²) in [5.41, 5.74) is 4.42. The zero-order chi connectivity index (χ0) is 20.8. The van der Waals surface area contributed by atoms with Crippen LogP contribution >= 0.6 is 0 Å². The van der Waals surface area contributed by atoms with E-state index in [1.807, 2.05) is 56.3 Å². The molecule has 0 unspecified atom stereocenters. The fourth-order valence-corrected chi connectivity index (χ4v) is 2.96. The minimum atomic E-state index is -0.248. The Hall–Kier alpha value is -3.41. The normalized spacial score (nSPS) is 10.5. The number of amides is 1. The van der Waals surface area contributed by atoms with Gasteiger partial charge in [0, 0.05) is 18.3 Å². The number of aromatic nitrogens is 2. The number of aryl methyl sites for hydroxylation is 3. The van der Waals surface area contributed by atoms with Gasteiger partial charge in [-0.3, -0.25) is 4.79 Å². The van der Waals surface area contributed by atoms with Crippen LogP contribution in [0.3, 0.4) is 0 Å². The lowest BCUT2D eigenvalue weighted by molar-refractivity contribution is 0.102. The van der Waals surface area contributed by atoms with Crippen LogP contribution in [-0.2, 0) is 6.42 Å². The molecule has 0 spiro atoms. The molecule has 0 aliphatic rings. The molecule has 6 heteroatoms. The Morgan fingerprint density at radius 3 is 2.48 bits per heavy atom. The van der Waals surface area contributed by atoms with Gasteiger partial charge in [-0.05, 0) is 62.1 Å². The summed E-state index contributed by atoms with van der Waals surface area (Å²) in [6, 6.07) is 15.6. The van der Waals surface area contributed by atoms with Gasteiger partial charge in [0.2, 0.25) is 0 Å². The molecule has 0 saturated carbocycles.